The fourth-order valence-corrected chi connectivity index (χ4v) is 2.56. The minimum absolute atomic E-state index is 0.113. The van der Waals surface area contributed by atoms with Gasteiger partial charge >= 0.3 is 0 Å². The minimum atomic E-state index is -0.523. The van der Waals surface area contributed by atoms with Crippen LogP contribution in [0.15, 0.2) is 18.2 Å². The van der Waals surface area contributed by atoms with Gasteiger partial charge in [0.15, 0.2) is 11.5 Å². The average Bonchev–Trinajstić information content (AvgIpc) is 2.59. The van der Waals surface area contributed by atoms with Crippen LogP contribution in [0.3, 0.4) is 0 Å². The van der Waals surface area contributed by atoms with Gasteiger partial charge in [-0.05, 0) is 38.0 Å². The standard InChI is InChI=1S/C19H33NO5/c1-15(2)25-14-17(21)13-20(9-6-10-22-3)12-16-7-8-18(23-4)19(11-16)24-5/h7-8,11,15,17,21H,6,9-10,12-14H2,1-5H3/t17-/m1/s1. The molecule has 0 heterocycles. The van der Waals surface area contributed by atoms with Crippen LogP contribution < -0.4 is 9.47 Å². The highest BCUT2D eigenvalue weighted by atomic mass is 16.5. The van der Waals surface area contributed by atoms with E-state index in [9.17, 15) is 5.11 Å². The number of methoxy groups -OCH3 is 3. The zero-order valence-electron chi connectivity index (χ0n) is 16.2. The minimum Gasteiger partial charge on any atom is -0.493 e. The lowest BCUT2D eigenvalue weighted by Gasteiger charge is -2.26. The number of aliphatic hydroxyl groups excluding tert-OH is 1. The Morgan fingerprint density at radius 3 is 2.40 bits per heavy atom. The highest BCUT2D eigenvalue weighted by Crippen LogP contribution is 2.28. The molecule has 0 saturated heterocycles. The van der Waals surface area contributed by atoms with Gasteiger partial charge in [0.25, 0.3) is 0 Å². The quantitative estimate of drug-likeness (QED) is 0.548. The van der Waals surface area contributed by atoms with E-state index < -0.39 is 6.10 Å². The Bertz CT molecular complexity index is 481. The summed E-state index contributed by atoms with van der Waals surface area (Å²) < 4.78 is 21.3. The fraction of sp³-hybridized carbons (Fsp3) is 0.684. The first kappa shape index (κ1) is 21.7. The average molecular weight is 355 g/mol. The van der Waals surface area contributed by atoms with E-state index >= 15 is 0 Å². The van der Waals surface area contributed by atoms with Gasteiger partial charge < -0.3 is 24.1 Å². The van der Waals surface area contributed by atoms with Crippen molar-refractivity contribution in [2.24, 2.45) is 0 Å². The van der Waals surface area contributed by atoms with Crippen LogP contribution >= 0.6 is 0 Å². The summed E-state index contributed by atoms with van der Waals surface area (Å²) in [5, 5.41) is 10.2. The van der Waals surface area contributed by atoms with Crippen LogP contribution in [0, 0.1) is 0 Å². The lowest BCUT2D eigenvalue weighted by Crippen LogP contribution is -2.36. The molecule has 1 N–H and O–H groups in total. The number of ether oxygens (including phenoxy) is 4. The van der Waals surface area contributed by atoms with Crippen molar-refractivity contribution in [3.05, 3.63) is 23.8 Å². The van der Waals surface area contributed by atoms with E-state index in [-0.39, 0.29) is 6.10 Å². The van der Waals surface area contributed by atoms with Crippen molar-refractivity contribution in [3.8, 4) is 11.5 Å². The number of hydrogen-bond acceptors (Lipinski definition) is 6. The molecule has 25 heavy (non-hydrogen) atoms. The first-order valence-corrected chi connectivity index (χ1v) is 8.72. The van der Waals surface area contributed by atoms with Crippen LogP contribution in [0.5, 0.6) is 11.5 Å². The molecule has 0 spiro atoms. The highest BCUT2D eigenvalue weighted by Gasteiger charge is 2.14. The molecule has 0 aliphatic carbocycles. The molecule has 0 aliphatic heterocycles. The molecule has 0 amide bonds. The van der Waals surface area contributed by atoms with Crippen molar-refractivity contribution >= 4 is 0 Å². The molecule has 0 aromatic heterocycles. The van der Waals surface area contributed by atoms with Crippen molar-refractivity contribution < 1.29 is 24.1 Å². The second-order valence-electron chi connectivity index (χ2n) is 6.31. The Morgan fingerprint density at radius 1 is 1.08 bits per heavy atom. The zero-order valence-corrected chi connectivity index (χ0v) is 16.2. The molecule has 6 nitrogen and oxygen atoms in total. The van der Waals surface area contributed by atoms with Crippen LogP contribution in [0.4, 0.5) is 0 Å². The molecule has 0 bridgehead atoms. The SMILES string of the molecule is COCCCN(Cc1ccc(OC)c(OC)c1)C[C@@H](O)COC(C)C. The second-order valence-corrected chi connectivity index (χ2v) is 6.31. The third-order valence-corrected chi connectivity index (χ3v) is 3.77. The van der Waals surface area contributed by atoms with Crippen molar-refractivity contribution in [3.63, 3.8) is 0 Å². The summed E-state index contributed by atoms with van der Waals surface area (Å²) in [6.45, 7) is 7.05. The largest absolute Gasteiger partial charge is 0.493 e. The number of nitrogens with zero attached hydrogens (tertiary/aromatic N) is 1. The Balaban J connectivity index is 2.71. The van der Waals surface area contributed by atoms with E-state index in [0.29, 0.717) is 37.8 Å². The van der Waals surface area contributed by atoms with Crippen LogP contribution in [-0.4, -0.2) is 69.8 Å². The lowest BCUT2D eigenvalue weighted by molar-refractivity contribution is -0.0103. The van der Waals surface area contributed by atoms with E-state index in [1.165, 1.54) is 0 Å². The molecule has 0 saturated carbocycles. The van der Waals surface area contributed by atoms with Crippen LogP contribution in [-0.2, 0) is 16.0 Å². The predicted molar refractivity (Wildman–Crippen MR) is 98.4 cm³/mol. The van der Waals surface area contributed by atoms with Gasteiger partial charge in [0.2, 0.25) is 0 Å². The number of hydrogen-bond donors (Lipinski definition) is 1. The summed E-state index contributed by atoms with van der Waals surface area (Å²) in [4.78, 5) is 2.20. The zero-order chi connectivity index (χ0) is 18.7. The summed E-state index contributed by atoms with van der Waals surface area (Å²) in [6.07, 6.45) is 0.495. The second kappa shape index (κ2) is 12.1. The maximum absolute atomic E-state index is 10.2. The smallest absolute Gasteiger partial charge is 0.161 e. The summed E-state index contributed by atoms with van der Waals surface area (Å²) in [5.74, 6) is 1.42. The molecule has 1 aromatic rings. The molecular formula is C19H33NO5. The maximum atomic E-state index is 10.2. The maximum Gasteiger partial charge on any atom is 0.161 e. The highest BCUT2D eigenvalue weighted by molar-refractivity contribution is 5.42. The third-order valence-electron chi connectivity index (χ3n) is 3.77. The summed E-state index contributed by atoms with van der Waals surface area (Å²) in [7, 11) is 4.95. The first-order valence-electron chi connectivity index (χ1n) is 8.72. The van der Waals surface area contributed by atoms with Crippen molar-refractivity contribution in [2.75, 3.05) is 47.6 Å². The summed E-state index contributed by atoms with van der Waals surface area (Å²) >= 11 is 0. The molecule has 0 unspecified atom stereocenters. The van der Waals surface area contributed by atoms with Crippen molar-refractivity contribution in [1.29, 1.82) is 0 Å². The van der Waals surface area contributed by atoms with Gasteiger partial charge in [-0.1, -0.05) is 6.07 Å². The van der Waals surface area contributed by atoms with Gasteiger partial charge in [0, 0.05) is 33.4 Å². The number of rotatable bonds is 13. The monoisotopic (exact) mass is 355 g/mol. The van der Waals surface area contributed by atoms with E-state index in [2.05, 4.69) is 4.90 Å². The molecule has 1 atom stereocenters. The molecule has 6 heteroatoms. The Morgan fingerprint density at radius 2 is 1.80 bits per heavy atom. The Kier molecular flexibility index (Phi) is 10.5. The van der Waals surface area contributed by atoms with Crippen LogP contribution in [0.1, 0.15) is 25.8 Å². The van der Waals surface area contributed by atoms with E-state index in [1.807, 2.05) is 32.0 Å². The van der Waals surface area contributed by atoms with E-state index in [1.54, 1.807) is 21.3 Å². The van der Waals surface area contributed by atoms with Crippen molar-refractivity contribution in [2.45, 2.75) is 39.0 Å². The molecule has 144 valence electrons. The van der Waals surface area contributed by atoms with E-state index in [0.717, 1.165) is 18.5 Å². The van der Waals surface area contributed by atoms with Gasteiger partial charge in [0.05, 0.1) is 33.0 Å². The fourth-order valence-electron chi connectivity index (χ4n) is 2.56. The summed E-state index contributed by atoms with van der Waals surface area (Å²) in [5.41, 5.74) is 1.10. The van der Waals surface area contributed by atoms with Gasteiger partial charge in [0.1, 0.15) is 0 Å². The number of benzene rings is 1. The van der Waals surface area contributed by atoms with Gasteiger partial charge in [-0.2, -0.15) is 0 Å². The first-order chi connectivity index (χ1) is 12.0. The molecule has 1 aromatic carbocycles. The summed E-state index contributed by atoms with van der Waals surface area (Å²) in [6, 6.07) is 5.89. The molecule has 0 fully saturated rings. The molecule has 0 aliphatic rings. The van der Waals surface area contributed by atoms with Gasteiger partial charge in [-0.3, -0.25) is 4.90 Å². The van der Waals surface area contributed by atoms with Crippen molar-refractivity contribution in [1.82, 2.24) is 4.90 Å². The van der Waals surface area contributed by atoms with E-state index in [4.69, 9.17) is 18.9 Å². The van der Waals surface area contributed by atoms with Gasteiger partial charge in [-0.25, -0.2) is 0 Å². The van der Waals surface area contributed by atoms with Crippen LogP contribution in [0.25, 0.3) is 0 Å². The molecule has 0 radical (unpaired) electrons. The predicted octanol–water partition coefficient (Wildman–Crippen LogP) is 2.33. The normalized spacial score (nSPS) is 12.6. The van der Waals surface area contributed by atoms with Crippen LogP contribution in [0.2, 0.25) is 0 Å². The Labute approximate surface area is 151 Å². The molecular weight excluding hydrogens is 322 g/mol. The molecule has 1 rings (SSSR count). The third kappa shape index (κ3) is 8.54. The van der Waals surface area contributed by atoms with Gasteiger partial charge in [-0.15, -0.1) is 0 Å². The number of aliphatic hydroxyl groups is 1. The lowest BCUT2D eigenvalue weighted by atomic mass is 10.1. The Hall–Kier alpha value is -1.34. The topological polar surface area (TPSA) is 60.4 Å².